The second-order valence-electron chi connectivity index (χ2n) is 6.29. The van der Waals surface area contributed by atoms with Crippen molar-refractivity contribution in [2.45, 2.75) is 52.4 Å². The third-order valence-electron chi connectivity index (χ3n) is 3.83. The van der Waals surface area contributed by atoms with Gasteiger partial charge in [-0.1, -0.05) is 44.0 Å². The molecule has 0 bridgehead atoms. The van der Waals surface area contributed by atoms with Crippen molar-refractivity contribution in [3.63, 3.8) is 0 Å². The fourth-order valence-corrected chi connectivity index (χ4v) is 2.50. The SMILES string of the molecule is CC(C)CCCCc1ccc(-n2cc(CCCO)nn2)cc1. The molecule has 0 spiro atoms. The number of aromatic nitrogens is 3. The fraction of sp³-hybridized carbons (Fsp3) is 0.556. The molecule has 4 heteroatoms. The van der Waals surface area contributed by atoms with E-state index in [1.54, 1.807) is 4.68 Å². The summed E-state index contributed by atoms with van der Waals surface area (Å²) in [7, 11) is 0. The number of unbranched alkanes of at least 4 members (excludes halogenated alkanes) is 1. The predicted molar refractivity (Wildman–Crippen MR) is 89.2 cm³/mol. The van der Waals surface area contributed by atoms with Crippen LogP contribution in [0, 0.1) is 5.92 Å². The van der Waals surface area contributed by atoms with Gasteiger partial charge in [0.25, 0.3) is 0 Å². The Morgan fingerprint density at radius 3 is 2.50 bits per heavy atom. The van der Waals surface area contributed by atoms with Crippen molar-refractivity contribution in [2.24, 2.45) is 5.92 Å². The first-order valence-corrected chi connectivity index (χ1v) is 8.30. The summed E-state index contributed by atoms with van der Waals surface area (Å²) in [4.78, 5) is 0. The lowest BCUT2D eigenvalue weighted by molar-refractivity contribution is 0.288. The van der Waals surface area contributed by atoms with E-state index >= 15 is 0 Å². The van der Waals surface area contributed by atoms with E-state index in [1.165, 1.54) is 24.8 Å². The summed E-state index contributed by atoms with van der Waals surface area (Å²) in [6.45, 7) is 4.75. The first kappa shape index (κ1) is 16.7. The predicted octanol–water partition coefficient (Wildman–Crippen LogP) is 3.56. The van der Waals surface area contributed by atoms with Crippen molar-refractivity contribution in [3.05, 3.63) is 41.7 Å². The Kier molecular flexibility index (Phi) is 6.59. The van der Waals surface area contributed by atoms with Gasteiger partial charge in [-0.3, -0.25) is 0 Å². The fourth-order valence-electron chi connectivity index (χ4n) is 2.50. The van der Waals surface area contributed by atoms with Gasteiger partial charge in [0.1, 0.15) is 0 Å². The number of benzene rings is 1. The minimum Gasteiger partial charge on any atom is -0.396 e. The highest BCUT2D eigenvalue weighted by Crippen LogP contribution is 2.13. The van der Waals surface area contributed by atoms with Crippen LogP contribution in [0.3, 0.4) is 0 Å². The molecule has 4 nitrogen and oxygen atoms in total. The summed E-state index contributed by atoms with van der Waals surface area (Å²) in [5.74, 6) is 0.801. The summed E-state index contributed by atoms with van der Waals surface area (Å²) in [5.41, 5.74) is 3.34. The van der Waals surface area contributed by atoms with E-state index in [0.717, 1.165) is 36.6 Å². The first-order valence-electron chi connectivity index (χ1n) is 8.30. The molecular formula is C18H27N3O. The van der Waals surface area contributed by atoms with Crippen LogP contribution in [0.4, 0.5) is 0 Å². The van der Waals surface area contributed by atoms with Gasteiger partial charge >= 0.3 is 0 Å². The normalized spacial score (nSPS) is 11.3. The number of hydrogen-bond donors (Lipinski definition) is 1. The summed E-state index contributed by atoms with van der Waals surface area (Å²) >= 11 is 0. The van der Waals surface area contributed by atoms with Crippen molar-refractivity contribution in [1.82, 2.24) is 15.0 Å². The Bertz CT molecular complexity index is 546. The molecule has 1 aromatic carbocycles. The molecule has 0 unspecified atom stereocenters. The Balaban J connectivity index is 1.87. The molecule has 0 fully saturated rings. The maximum Gasteiger partial charge on any atom is 0.0832 e. The van der Waals surface area contributed by atoms with Gasteiger partial charge in [-0.15, -0.1) is 5.10 Å². The van der Waals surface area contributed by atoms with Crippen molar-refractivity contribution in [2.75, 3.05) is 6.61 Å². The highest BCUT2D eigenvalue weighted by Gasteiger charge is 2.03. The second-order valence-corrected chi connectivity index (χ2v) is 6.29. The molecule has 1 aromatic heterocycles. The van der Waals surface area contributed by atoms with E-state index in [4.69, 9.17) is 5.11 Å². The van der Waals surface area contributed by atoms with E-state index < -0.39 is 0 Å². The molecule has 120 valence electrons. The van der Waals surface area contributed by atoms with Crippen molar-refractivity contribution in [1.29, 1.82) is 0 Å². The zero-order valence-electron chi connectivity index (χ0n) is 13.7. The molecule has 2 rings (SSSR count). The van der Waals surface area contributed by atoms with Gasteiger partial charge in [0.2, 0.25) is 0 Å². The lowest BCUT2D eigenvalue weighted by Crippen LogP contribution is -1.95. The number of nitrogens with zero attached hydrogens (tertiary/aromatic N) is 3. The van der Waals surface area contributed by atoms with Gasteiger partial charge in [-0.25, -0.2) is 4.68 Å². The number of hydrogen-bond acceptors (Lipinski definition) is 3. The molecule has 1 N–H and O–H groups in total. The average molecular weight is 301 g/mol. The largest absolute Gasteiger partial charge is 0.396 e. The van der Waals surface area contributed by atoms with Crippen LogP contribution in [0.25, 0.3) is 5.69 Å². The Hall–Kier alpha value is -1.68. The average Bonchev–Trinajstić information content (AvgIpc) is 2.99. The summed E-state index contributed by atoms with van der Waals surface area (Å²) in [6.07, 6.45) is 8.45. The molecule has 0 atom stereocenters. The standard InChI is InChI=1S/C18H27N3O/c1-15(2)6-3-4-7-16-9-11-18(12-10-16)21-14-17(19-20-21)8-5-13-22/h9-12,14-15,22H,3-8,13H2,1-2H3. The van der Waals surface area contributed by atoms with E-state index in [-0.39, 0.29) is 6.61 Å². The molecule has 1 heterocycles. The zero-order chi connectivity index (χ0) is 15.8. The third kappa shape index (κ3) is 5.26. The van der Waals surface area contributed by atoms with Crippen LogP contribution in [0.2, 0.25) is 0 Å². The van der Waals surface area contributed by atoms with Gasteiger partial charge < -0.3 is 5.11 Å². The van der Waals surface area contributed by atoms with Gasteiger partial charge in [0.15, 0.2) is 0 Å². The van der Waals surface area contributed by atoms with Gasteiger partial charge in [0.05, 0.1) is 17.6 Å². The number of rotatable bonds is 9. The molecule has 0 saturated carbocycles. The van der Waals surface area contributed by atoms with Crippen LogP contribution in [-0.2, 0) is 12.8 Å². The first-order chi connectivity index (χ1) is 10.7. The highest BCUT2D eigenvalue weighted by atomic mass is 16.2. The van der Waals surface area contributed by atoms with E-state index in [2.05, 4.69) is 48.4 Å². The molecule has 22 heavy (non-hydrogen) atoms. The highest BCUT2D eigenvalue weighted by molar-refractivity contribution is 5.33. The van der Waals surface area contributed by atoms with Gasteiger partial charge in [-0.05, 0) is 49.3 Å². The summed E-state index contributed by atoms with van der Waals surface area (Å²) in [5, 5.41) is 17.1. The quantitative estimate of drug-likeness (QED) is 0.720. The number of aryl methyl sites for hydroxylation is 2. The lowest BCUT2D eigenvalue weighted by Gasteiger charge is -2.05. The Labute approximate surface area is 133 Å². The second kappa shape index (κ2) is 8.69. The van der Waals surface area contributed by atoms with Gasteiger partial charge in [0, 0.05) is 6.61 Å². The molecule has 0 radical (unpaired) electrons. The molecule has 0 aliphatic carbocycles. The van der Waals surface area contributed by atoms with Crippen LogP contribution in [-0.4, -0.2) is 26.7 Å². The minimum atomic E-state index is 0.193. The van der Waals surface area contributed by atoms with Crippen molar-refractivity contribution in [3.8, 4) is 5.69 Å². The maximum atomic E-state index is 8.85. The smallest absolute Gasteiger partial charge is 0.0832 e. The van der Waals surface area contributed by atoms with Crippen LogP contribution in [0.15, 0.2) is 30.5 Å². The van der Waals surface area contributed by atoms with Crippen molar-refractivity contribution < 1.29 is 5.11 Å². The van der Waals surface area contributed by atoms with Crippen LogP contribution in [0.1, 0.15) is 50.8 Å². The number of aliphatic hydroxyl groups excluding tert-OH is 1. The zero-order valence-corrected chi connectivity index (χ0v) is 13.7. The molecule has 0 aliphatic heterocycles. The van der Waals surface area contributed by atoms with E-state index in [1.807, 2.05) is 6.20 Å². The van der Waals surface area contributed by atoms with E-state index in [9.17, 15) is 0 Å². The third-order valence-corrected chi connectivity index (χ3v) is 3.83. The summed E-state index contributed by atoms with van der Waals surface area (Å²) < 4.78 is 1.80. The number of aliphatic hydroxyl groups is 1. The lowest BCUT2D eigenvalue weighted by atomic mass is 10.0. The molecular weight excluding hydrogens is 274 g/mol. The topological polar surface area (TPSA) is 50.9 Å². The van der Waals surface area contributed by atoms with E-state index in [0.29, 0.717) is 0 Å². The molecule has 2 aromatic rings. The van der Waals surface area contributed by atoms with Crippen molar-refractivity contribution >= 4 is 0 Å². The monoisotopic (exact) mass is 301 g/mol. The molecule has 0 amide bonds. The summed E-state index contributed by atoms with van der Waals surface area (Å²) in [6, 6.07) is 8.56. The van der Waals surface area contributed by atoms with Crippen LogP contribution in [0.5, 0.6) is 0 Å². The Morgan fingerprint density at radius 2 is 1.82 bits per heavy atom. The molecule has 0 aliphatic rings. The Morgan fingerprint density at radius 1 is 1.05 bits per heavy atom. The van der Waals surface area contributed by atoms with Gasteiger partial charge in [-0.2, -0.15) is 0 Å². The van der Waals surface area contributed by atoms with Crippen LogP contribution < -0.4 is 0 Å². The maximum absolute atomic E-state index is 8.85. The molecule has 0 saturated heterocycles. The van der Waals surface area contributed by atoms with Crippen LogP contribution >= 0.6 is 0 Å². The minimum absolute atomic E-state index is 0.193.